The van der Waals surface area contributed by atoms with Crippen LogP contribution in [0.4, 0.5) is 18.9 Å². The molecular weight excluding hydrogens is 559 g/mol. The SMILES string of the molecule is Cc1ccc(NC(=O)C2CCC(Cn3c(=O)c4c(C)cccc4n(Cc4cccc(C(F)(F)F)c4C#N)c3=O)CC2)cn1. The summed E-state index contributed by atoms with van der Waals surface area (Å²) in [5.74, 6) is -0.358. The number of nitrogens with one attached hydrogen (secondary N) is 1. The Hall–Kier alpha value is -4.72. The van der Waals surface area contributed by atoms with Crippen molar-refractivity contribution in [1.82, 2.24) is 14.1 Å². The van der Waals surface area contributed by atoms with Crippen molar-refractivity contribution >= 4 is 22.5 Å². The monoisotopic (exact) mass is 589 g/mol. The van der Waals surface area contributed by atoms with Gasteiger partial charge in [-0.05, 0) is 80.8 Å². The quantitative estimate of drug-likeness (QED) is 0.317. The van der Waals surface area contributed by atoms with Crippen molar-refractivity contribution in [2.24, 2.45) is 11.8 Å². The zero-order valence-corrected chi connectivity index (χ0v) is 23.7. The van der Waals surface area contributed by atoms with Gasteiger partial charge < -0.3 is 5.32 Å². The normalized spacial score (nSPS) is 17.0. The Morgan fingerprint density at radius 3 is 2.40 bits per heavy atom. The highest BCUT2D eigenvalue weighted by molar-refractivity contribution is 5.92. The summed E-state index contributed by atoms with van der Waals surface area (Å²) >= 11 is 0. The van der Waals surface area contributed by atoms with Crippen LogP contribution in [0.5, 0.6) is 0 Å². The molecular formula is C32H30F3N5O3. The number of anilines is 1. The number of rotatable bonds is 6. The molecule has 43 heavy (non-hydrogen) atoms. The molecule has 0 radical (unpaired) electrons. The van der Waals surface area contributed by atoms with E-state index in [9.17, 15) is 32.8 Å². The van der Waals surface area contributed by atoms with Gasteiger partial charge in [0, 0.05) is 18.2 Å². The number of carbonyl (C=O) groups excluding carboxylic acids is 1. The topological polar surface area (TPSA) is 110 Å². The lowest BCUT2D eigenvalue weighted by atomic mass is 9.81. The van der Waals surface area contributed by atoms with Crippen LogP contribution in [0, 0.1) is 37.0 Å². The van der Waals surface area contributed by atoms with Crippen molar-refractivity contribution < 1.29 is 18.0 Å². The van der Waals surface area contributed by atoms with Gasteiger partial charge in [0.25, 0.3) is 5.56 Å². The Morgan fingerprint density at radius 1 is 1.02 bits per heavy atom. The van der Waals surface area contributed by atoms with Crippen LogP contribution in [-0.4, -0.2) is 20.0 Å². The fourth-order valence-corrected chi connectivity index (χ4v) is 5.86. The van der Waals surface area contributed by atoms with Gasteiger partial charge in [0.05, 0.1) is 40.5 Å². The number of aromatic nitrogens is 3. The second kappa shape index (κ2) is 11.9. The van der Waals surface area contributed by atoms with Gasteiger partial charge in [-0.1, -0.05) is 24.3 Å². The number of fused-ring (bicyclic) bond motifs is 1. The molecule has 1 N–H and O–H groups in total. The van der Waals surface area contributed by atoms with E-state index in [4.69, 9.17) is 0 Å². The maximum atomic E-state index is 13.8. The number of hydrogen-bond acceptors (Lipinski definition) is 5. The maximum Gasteiger partial charge on any atom is 0.417 e. The molecule has 0 atom stereocenters. The van der Waals surface area contributed by atoms with Crippen molar-refractivity contribution in [3.8, 4) is 6.07 Å². The molecule has 8 nitrogen and oxygen atoms in total. The summed E-state index contributed by atoms with van der Waals surface area (Å²) in [7, 11) is 0. The number of alkyl halides is 3. The third kappa shape index (κ3) is 6.09. The Morgan fingerprint density at radius 2 is 1.74 bits per heavy atom. The lowest BCUT2D eigenvalue weighted by Crippen LogP contribution is -2.42. The Balaban J connectivity index is 1.43. The minimum absolute atomic E-state index is 0.0303. The number of benzene rings is 2. The molecule has 4 aromatic rings. The van der Waals surface area contributed by atoms with Gasteiger partial charge >= 0.3 is 11.9 Å². The first-order chi connectivity index (χ1) is 20.5. The van der Waals surface area contributed by atoms with E-state index in [0.717, 1.165) is 16.3 Å². The van der Waals surface area contributed by atoms with Crippen molar-refractivity contribution in [2.45, 2.75) is 58.8 Å². The highest BCUT2D eigenvalue weighted by Gasteiger charge is 2.34. The van der Waals surface area contributed by atoms with Crippen LogP contribution < -0.4 is 16.6 Å². The minimum atomic E-state index is -4.74. The molecule has 2 aromatic heterocycles. The predicted octanol–water partition coefficient (Wildman–Crippen LogP) is 5.56. The van der Waals surface area contributed by atoms with E-state index in [0.29, 0.717) is 47.8 Å². The van der Waals surface area contributed by atoms with Crippen LogP contribution in [0.15, 0.2) is 64.3 Å². The molecule has 0 unspecified atom stereocenters. The van der Waals surface area contributed by atoms with E-state index >= 15 is 0 Å². The first kappa shape index (κ1) is 29.8. The minimum Gasteiger partial charge on any atom is -0.324 e. The number of nitriles is 1. The second-order valence-electron chi connectivity index (χ2n) is 11.1. The molecule has 1 amide bonds. The third-order valence-corrected chi connectivity index (χ3v) is 8.20. The maximum absolute atomic E-state index is 13.8. The van der Waals surface area contributed by atoms with E-state index in [1.54, 1.807) is 43.5 Å². The van der Waals surface area contributed by atoms with Gasteiger partial charge in [0.1, 0.15) is 6.07 Å². The summed E-state index contributed by atoms with van der Waals surface area (Å²) in [6.45, 7) is 3.40. The average Bonchev–Trinajstić information content (AvgIpc) is 2.98. The van der Waals surface area contributed by atoms with Gasteiger partial charge in [-0.2, -0.15) is 18.4 Å². The first-order valence-electron chi connectivity index (χ1n) is 14.0. The molecule has 0 spiro atoms. The first-order valence-corrected chi connectivity index (χ1v) is 14.0. The van der Waals surface area contributed by atoms with Gasteiger partial charge in [0.2, 0.25) is 5.91 Å². The van der Waals surface area contributed by atoms with Crippen LogP contribution in [-0.2, 0) is 24.1 Å². The summed E-state index contributed by atoms with van der Waals surface area (Å²) < 4.78 is 43.3. The largest absolute Gasteiger partial charge is 0.417 e. The third-order valence-electron chi connectivity index (χ3n) is 8.20. The Bertz CT molecular complexity index is 1840. The summed E-state index contributed by atoms with van der Waals surface area (Å²) in [5, 5.41) is 12.8. The summed E-state index contributed by atoms with van der Waals surface area (Å²) in [6.07, 6.45) is -0.725. The van der Waals surface area contributed by atoms with Gasteiger partial charge in [-0.15, -0.1) is 0 Å². The molecule has 1 saturated carbocycles. The lowest BCUT2D eigenvalue weighted by molar-refractivity contribution is -0.137. The smallest absolute Gasteiger partial charge is 0.324 e. The molecule has 2 heterocycles. The summed E-state index contributed by atoms with van der Waals surface area (Å²) in [5.41, 5.74) is -0.343. The lowest BCUT2D eigenvalue weighted by Gasteiger charge is -2.28. The number of nitrogens with zero attached hydrogens (tertiary/aromatic N) is 4. The molecule has 0 saturated heterocycles. The second-order valence-corrected chi connectivity index (χ2v) is 11.1. The van der Waals surface area contributed by atoms with E-state index in [1.165, 1.54) is 16.7 Å². The summed E-state index contributed by atoms with van der Waals surface area (Å²) in [6, 6.07) is 13.7. The van der Waals surface area contributed by atoms with E-state index in [1.807, 2.05) is 13.0 Å². The molecule has 1 aliphatic rings. The molecule has 1 fully saturated rings. The number of amides is 1. The van der Waals surface area contributed by atoms with Crippen molar-refractivity contribution in [2.75, 3.05) is 5.32 Å². The number of pyridine rings is 1. The Kier molecular flexibility index (Phi) is 8.22. The number of carbonyl (C=O) groups is 1. The highest BCUT2D eigenvalue weighted by Crippen LogP contribution is 2.34. The molecule has 5 rings (SSSR count). The van der Waals surface area contributed by atoms with Crippen molar-refractivity contribution in [1.29, 1.82) is 5.26 Å². The number of aryl methyl sites for hydroxylation is 2. The van der Waals surface area contributed by atoms with E-state index in [-0.39, 0.29) is 36.4 Å². The molecule has 0 aliphatic heterocycles. The molecule has 11 heteroatoms. The molecule has 222 valence electrons. The number of halogens is 3. The van der Waals surface area contributed by atoms with Crippen LogP contribution in [0.25, 0.3) is 10.9 Å². The van der Waals surface area contributed by atoms with E-state index in [2.05, 4.69) is 10.3 Å². The highest BCUT2D eigenvalue weighted by atomic mass is 19.4. The standard InChI is InChI=1S/C32H30F3N5O3/c1-19-5-3-8-27-28(19)30(42)40(31(43)39(27)18-23-6-4-7-26(25(23)15-36)32(33,34)35)17-21-10-12-22(13-11-21)29(41)38-24-14-9-20(2)37-16-24/h3-9,14,16,21-22H,10-13,17-18H2,1-2H3,(H,38,41). The fourth-order valence-electron chi connectivity index (χ4n) is 5.86. The average molecular weight is 590 g/mol. The van der Waals surface area contributed by atoms with E-state index < -0.39 is 28.6 Å². The van der Waals surface area contributed by atoms with Crippen LogP contribution in [0.1, 0.15) is 53.6 Å². The van der Waals surface area contributed by atoms with Gasteiger partial charge in [0.15, 0.2) is 0 Å². The van der Waals surface area contributed by atoms with Gasteiger partial charge in [-0.3, -0.25) is 23.7 Å². The van der Waals surface area contributed by atoms with Crippen LogP contribution in [0.3, 0.4) is 0 Å². The fraction of sp³-hybridized carbons (Fsp3) is 0.344. The van der Waals surface area contributed by atoms with Crippen molar-refractivity contribution in [3.05, 3.63) is 104 Å². The number of hydrogen-bond donors (Lipinski definition) is 1. The predicted molar refractivity (Wildman–Crippen MR) is 156 cm³/mol. The zero-order chi connectivity index (χ0) is 30.9. The Labute approximate surface area is 245 Å². The molecule has 1 aliphatic carbocycles. The van der Waals surface area contributed by atoms with Crippen molar-refractivity contribution in [3.63, 3.8) is 0 Å². The summed E-state index contributed by atoms with van der Waals surface area (Å²) in [4.78, 5) is 44.5. The van der Waals surface area contributed by atoms with Gasteiger partial charge in [-0.25, -0.2) is 4.79 Å². The zero-order valence-electron chi connectivity index (χ0n) is 23.7. The molecule has 2 aromatic carbocycles. The van der Waals surface area contributed by atoms with Crippen LogP contribution >= 0.6 is 0 Å². The molecule has 0 bridgehead atoms. The van der Waals surface area contributed by atoms with Crippen LogP contribution in [0.2, 0.25) is 0 Å².